The lowest BCUT2D eigenvalue weighted by Gasteiger charge is -2.23. The third-order valence-corrected chi connectivity index (χ3v) is 4.96. The second-order valence-electron chi connectivity index (χ2n) is 6.02. The number of hydrogen-bond donors (Lipinski definition) is 0. The largest absolute Gasteiger partial charge is 0.244 e. The first-order valence-electron chi connectivity index (χ1n) is 8.04. The first-order chi connectivity index (χ1) is 12.2. The minimum Gasteiger partial charge on any atom is -0.244 e. The van der Waals surface area contributed by atoms with E-state index in [9.17, 15) is 0 Å². The molecule has 2 heterocycles. The zero-order valence-corrected chi connectivity index (χ0v) is 14.8. The Labute approximate surface area is 156 Å². The Hall–Kier alpha value is -2.23. The lowest BCUT2D eigenvalue weighted by molar-refractivity contribution is 0.550. The number of benzene rings is 2. The molecule has 3 aromatic rings. The third-order valence-electron chi connectivity index (χ3n) is 4.48. The van der Waals surface area contributed by atoms with Crippen LogP contribution in [0, 0.1) is 0 Å². The van der Waals surface area contributed by atoms with Gasteiger partial charge in [0.1, 0.15) is 17.2 Å². The summed E-state index contributed by atoms with van der Waals surface area (Å²) in [6, 6.07) is 21.8. The summed E-state index contributed by atoms with van der Waals surface area (Å²) in [5, 5.41) is 10.4. The lowest BCUT2D eigenvalue weighted by Crippen LogP contribution is -2.12. The second kappa shape index (κ2) is 6.95. The van der Waals surface area contributed by atoms with Crippen LogP contribution in [0.2, 0.25) is 10.2 Å². The molecule has 124 valence electrons. The summed E-state index contributed by atoms with van der Waals surface area (Å²) in [7, 11) is 0. The predicted octanol–water partition coefficient (Wildman–Crippen LogP) is 6.42. The molecule has 0 fully saturated rings. The first-order valence-corrected chi connectivity index (χ1v) is 8.80. The third kappa shape index (κ3) is 3.30. The van der Waals surface area contributed by atoms with E-state index in [0.717, 1.165) is 11.1 Å². The molecule has 3 unspecified atom stereocenters. The highest BCUT2D eigenvalue weighted by Gasteiger charge is 2.38. The molecule has 0 amide bonds. The zero-order valence-electron chi connectivity index (χ0n) is 13.3. The standard InChI is InChI=1S/C20H15Cl2N3/c21-16-9-6-14(7-10-16)19-18(13-4-2-1-3-5-13)20(25-24-19)15-8-11-17(22)23-12-15/h1-12,18-20H. The van der Waals surface area contributed by atoms with E-state index in [1.165, 1.54) is 5.56 Å². The van der Waals surface area contributed by atoms with E-state index < -0.39 is 0 Å². The maximum atomic E-state index is 6.04. The van der Waals surface area contributed by atoms with Crippen LogP contribution in [0.4, 0.5) is 0 Å². The maximum absolute atomic E-state index is 6.04. The van der Waals surface area contributed by atoms with E-state index in [4.69, 9.17) is 23.2 Å². The van der Waals surface area contributed by atoms with Gasteiger partial charge < -0.3 is 0 Å². The molecule has 5 heteroatoms. The van der Waals surface area contributed by atoms with E-state index in [-0.39, 0.29) is 18.0 Å². The molecule has 2 aromatic carbocycles. The molecule has 1 aliphatic rings. The maximum Gasteiger partial charge on any atom is 0.129 e. The highest BCUT2D eigenvalue weighted by atomic mass is 35.5. The van der Waals surface area contributed by atoms with Crippen LogP contribution in [0.5, 0.6) is 0 Å². The Kier molecular flexibility index (Phi) is 4.51. The molecule has 0 saturated carbocycles. The normalized spacial score (nSPS) is 22.2. The Morgan fingerprint density at radius 1 is 0.640 bits per heavy atom. The van der Waals surface area contributed by atoms with Gasteiger partial charge >= 0.3 is 0 Å². The Bertz CT molecular complexity index is 822. The molecule has 1 aromatic heterocycles. The highest BCUT2D eigenvalue weighted by Crippen LogP contribution is 2.50. The lowest BCUT2D eigenvalue weighted by atomic mass is 9.81. The van der Waals surface area contributed by atoms with Crippen molar-refractivity contribution in [2.45, 2.75) is 18.0 Å². The van der Waals surface area contributed by atoms with E-state index >= 15 is 0 Å². The van der Waals surface area contributed by atoms with Crippen molar-refractivity contribution >= 4 is 23.2 Å². The molecule has 0 bridgehead atoms. The predicted molar refractivity (Wildman–Crippen MR) is 100 cm³/mol. The van der Waals surface area contributed by atoms with Gasteiger partial charge in [0.25, 0.3) is 0 Å². The molecule has 0 aliphatic carbocycles. The van der Waals surface area contributed by atoms with Crippen molar-refractivity contribution in [2.24, 2.45) is 10.2 Å². The first kappa shape index (κ1) is 16.2. The van der Waals surface area contributed by atoms with Gasteiger partial charge in [-0.25, -0.2) is 4.98 Å². The van der Waals surface area contributed by atoms with Crippen molar-refractivity contribution in [1.29, 1.82) is 0 Å². The minimum atomic E-state index is -0.0900. The van der Waals surface area contributed by atoms with Gasteiger partial charge in [-0.1, -0.05) is 71.7 Å². The van der Waals surface area contributed by atoms with Crippen LogP contribution in [-0.4, -0.2) is 4.98 Å². The number of rotatable bonds is 3. The van der Waals surface area contributed by atoms with Crippen molar-refractivity contribution in [2.75, 3.05) is 0 Å². The molecule has 3 atom stereocenters. The van der Waals surface area contributed by atoms with Crippen LogP contribution in [0.25, 0.3) is 0 Å². The van der Waals surface area contributed by atoms with E-state index in [1.807, 2.05) is 48.5 Å². The fourth-order valence-electron chi connectivity index (χ4n) is 3.27. The fraction of sp³-hybridized carbons (Fsp3) is 0.150. The summed E-state index contributed by atoms with van der Waals surface area (Å²) in [6.45, 7) is 0. The van der Waals surface area contributed by atoms with Gasteiger partial charge in [-0.15, -0.1) is 0 Å². The van der Waals surface area contributed by atoms with Gasteiger partial charge in [-0.2, -0.15) is 10.2 Å². The average molecular weight is 368 g/mol. The molecule has 25 heavy (non-hydrogen) atoms. The summed E-state index contributed by atoms with van der Waals surface area (Å²) < 4.78 is 0. The van der Waals surface area contributed by atoms with Crippen LogP contribution in [0.15, 0.2) is 83.2 Å². The van der Waals surface area contributed by atoms with Crippen molar-refractivity contribution < 1.29 is 0 Å². The van der Waals surface area contributed by atoms with Gasteiger partial charge in [0.05, 0.1) is 0 Å². The van der Waals surface area contributed by atoms with E-state index in [2.05, 4.69) is 27.3 Å². The molecule has 4 rings (SSSR count). The number of pyridine rings is 1. The van der Waals surface area contributed by atoms with Gasteiger partial charge in [0, 0.05) is 17.1 Å². The molecular weight excluding hydrogens is 353 g/mol. The Balaban J connectivity index is 1.76. The SMILES string of the molecule is Clc1ccc(C2N=NC(c3ccc(Cl)nc3)C2c2ccccc2)cc1. The molecular formula is C20H15Cl2N3. The van der Waals surface area contributed by atoms with Crippen LogP contribution >= 0.6 is 23.2 Å². The van der Waals surface area contributed by atoms with Crippen molar-refractivity contribution in [3.63, 3.8) is 0 Å². The summed E-state index contributed by atoms with van der Waals surface area (Å²) in [6.07, 6.45) is 1.78. The molecule has 3 nitrogen and oxygen atoms in total. The van der Waals surface area contributed by atoms with Crippen molar-refractivity contribution in [3.8, 4) is 0 Å². The van der Waals surface area contributed by atoms with Crippen LogP contribution in [0.1, 0.15) is 34.7 Å². The molecule has 0 radical (unpaired) electrons. The number of hydrogen-bond acceptors (Lipinski definition) is 3. The summed E-state index contributed by atoms with van der Waals surface area (Å²) in [5.41, 5.74) is 3.32. The smallest absolute Gasteiger partial charge is 0.129 e. The summed E-state index contributed by atoms with van der Waals surface area (Å²) >= 11 is 12.0. The monoisotopic (exact) mass is 367 g/mol. The number of nitrogens with zero attached hydrogens (tertiary/aromatic N) is 3. The highest BCUT2D eigenvalue weighted by molar-refractivity contribution is 6.30. The number of halogens is 2. The van der Waals surface area contributed by atoms with E-state index in [0.29, 0.717) is 10.2 Å². The van der Waals surface area contributed by atoms with Crippen LogP contribution in [-0.2, 0) is 0 Å². The molecule has 1 aliphatic heterocycles. The molecule has 0 N–H and O–H groups in total. The van der Waals surface area contributed by atoms with Crippen LogP contribution < -0.4 is 0 Å². The zero-order chi connectivity index (χ0) is 17.2. The fourth-order valence-corrected chi connectivity index (χ4v) is 3.51. The average Bonchev–Trinajstić information content (AvgIpc) is 3.09. The van der Waals surface area contributed by atoms with Crippen LogP contribution in [0.3, 0.4) is 0 Å². The van der Waals surface area contributed by atoms with Crippen molar-refractivity contribution in [3.05, 3.63) is 99.8 Å². The summed E-state index contributed by atoms with van der Waals surface area (Å²) in [5.74, 6) is 0.102. The van der Waals surface area contributed by atoms with Gasteiger partial charge in [-0.05, 0) is 34.9 Å². The quantitative estimate of drug-likeness (QED) is 0.492. The van der Waals surface area contributed by atoms with E-state index in [1.54, 1.807) is 12.3 Å². The van der Waals surface area contributed by atoms with Gasteiger partial charge in [0.2, 0.25) is 0 Å². The minimum absolute atomic E-state index is 0.0552. The molecule has 0 spiro atoms. The topological polar surface area (TPSA) is 37.6 Å². The van der Waals surface area contributed by atoms with Crippen molar-refractivity contribution in [1.82, 2.24) is 4.98 Å². The molecule has 0 saturated heterocycles. The Morgan fingerprint density at radius 3 is 1.92 bits per heavy atom. The number of azo groups is 1. The Morgan fingerprint density at radius 2 is 1.28 bits per heavy atom. The number of aromatic nitrogens is 1. The second-order valence-corrected chi connectivity index (χ2v) is 6.85. The van der Waals surface area contributed by atoms with Gasteiger partial charge in [-0.3, -0.25) is 0 Å². The van der Waals surface area contributed by atoms with Gasteiger partial charge in [0.15, 0.2) is 0 Å². The summed E-state index contributed by atoms with van der Waals surface area (Å²) in [4.78, 5) is 4.21.